The number of Topliss-reactive ketones (excluding diaryl/α,β-unsaturated/α-hetero) is 1. The minimum absolute atomic E-state index is 0.0572. The summed E-state index contributed by atoms with van der Waals surface area (Å²) in [6.45, 7) is 3.67. The van der Waals surface area contributed by atoms with Crippen molar-refractivity contribution < 1.29 is 24.2 Å². The van der Waals surface area contributed by atoms with Crippen LogP contribution >= 0.6 is 23.1 Å². The molecule has 0 saturated carbocycles. The van der Waals surface area contributed by atoms with E-state index in [2.05, 4.69) is 10.2 Å². The summed E-state index contributed by atoms with van der Waals surface area (Å²) in [5.41, 5.74) is 2.86. The molecule has 1 aliphatic heterocycles. The lowest BCUT2D eigenvalue weighted by Crippen LogP contribution is -2.29. The zero-order valence-electron chi connectivity index (χ0n) is 20.4. The number of aliphatic hydroxyl groups is 1. The number of phenols is 1. The fourth-order valence-corrected chi connectivity index (χ4v) is 6.14. The molecule has 3 aromatic carbocycles. The molecule has 10 heteroatoms. The fraction of sp³-hybridized carbons (Fsp3) is 0.143. The Labute approximate surface area is 226 Å². The SMILES string of the molecule is Cc1ccc(C)c(C(O)=C2C(=O)C(=O)N(c3nnc(SCc4ccccc4F)s3)C2c2cccc(O)c2)c1. The summed E-state index contributed by atoms with van der Waals surface area (Å²) in [7, 11) is 0. The van der Waals surface area contributed by atoms with Crippen LogP contribution in [0.4, 0.5) is 9.52 Å². The number of rotatable bonds is 6. The average molecular weight is 548 g/mol. The Morgan fingerprint density at radius 2 is 1.84 bits per heavy atom. The molecule has 1 saturated heterocycles. The van der Waals surface area contributed by atoms with Crippen LogP contribution in [0.25, 0.3) is 5.76 Å². The fourth-order valence-electron chi connectivity index (χ4n) is 4.29. The number of hydrogen-bond acceptors (Lipinski definition) is 8. The third-order valence-corrected chi connectivity index (χ3v) is 8.29. The van der Waals surface area contributed by atoms with Crippen LogP contribution in [0, 0.1) is 19.7 Å². The van der Waals surface area contributed by atoms with E-state index in [-0.39, 0.29) is 28.0 Å². The third kappa shape index (κ3) is 4.80. The highest BCUT2D eigenvalue weighted by atomic mass is 32.2. The highest BCUT2D eigenvalue weighted by Crippen LogP contribution is 2.44. The van der Waals surface area contributed by atoms with Crippen molar-refractivity contribution in [1.82, 2.24) is 10.2 Å². The van der Waals surface area contributed by atoms with E-state index in [4.69, 9.17) is 0 Å². The van der Waals surface area contributed by atoms with Gasteiger partial charge in [-0.3, -0.25) is 14.5 Å². The van der Waals surface area contributed by atoms with Crippen LogP contribution in [0.15, 0.2) is 76.6 Å². The van der Waals surface area contributed by atoms with Gasteiger partial charge in [-0.15, -0.1) is 10.2 Å². The highest BCUT2D eigenvalue weighted by Gasteiger charge is 2.48. The number of amides is 1. The summed E-state index contributed by atoms with van der Waals surface area (Å²) in [5.74, 6) is -2.12. The van der Waals surface area contributed by atoms with Gasteiger partial charge in [-0.2, -0.15) is 0 Å². The maximum Gasteiger partial charge on any atom is 0.301 e. The van der Waals surface area contributed by atoms with E-state index in [9.17, 15) is 24.2 Å². The number of aromatic nitrogens is 2. The van der Waals surface area contributed by atoms with Crippen LogP contribution in [0.3, 0.4) is 0 Å². The molecule has 0 bridgehead atoms. The number of nitrogens with zero attached hydrogens (tertiary/aromatic N) is 3. The highest BCUT2D eigenvalue weighted by molar-refractivity contribution is 8.00. The Morgan fingerprint density at radius 3 is 2.61 bits per heavy atom. The standard InChI is InChI=1S/C28H22FN3O4S2/c1-15-10-11-16(2)20(12-15)24(34)22-23(17-7-5-8-19(33)13-17)32(26(36)25(22)35)27-30-31-28(38-27)37-14-18-6-3-4-9-21(18)29/h3-13,23,33-34H,14H2,1-2H3. The molecule has 1 amide bonds. The number of hydrogen-bond donors (Lipinski definition) is 2. The van der Waals surface area contributed by atoms with Crippen LogP contribution in [-0.4, -0.2) is 32.1 Å². The number of benzene rings is 3. The number of anilines is 1. The number of aryl methyl sites for hydroxylation is 2. The van der Waals surface area contributed by atoms with Crippen LogP contribution in [0.2, 0.25) is 0 Å². The van der Waals surface area contributed by atoms with Gasteiger partial charge in [0.2, 0.25) is 5.13 Å². The van der Waals surface area contributed by atoms with Gasteiger partial charge in [0.15, 0.2) is 4.34 Å². The molecule has 0 aliphatic carbocycles. The molecule has 1 fully saturated rings. The van der Waals surface area contributed by atoms with Crippen molar-refractivity contribution in [2.45, 2.75) is 30.0 Å². The molecule has 0 spiro atoms. The van der Waals surface area contributed by atoms with Gasteiger partial charge in [-0.1, -0.05) is 71.1 Å². The topological polar surface area (TPSA) is 104 Å². The molecule has 5 rings (SSSR count). The Hall–Kier alpha value is -4.02. The molecule has 1 unspecified atom stereocenters. The molecule has 192 valence electrons. The van der Waals surface area contributed by atoms with Gasteiger partial charge in [0.25, 0.3) is 5.78 Å². The molecule has 2 heterocycles. The van der Waals surface area contributed by atoms with E-state index < -0.39 is 17.7 Å². The second-order valence-electron chi connectivity index (χ2n) is 8.81. The lowest BCUT2D eigenvalue weighted by molar-refractivity contribution is -0.132. The zero-order valence-corrected chi connectivity index (χ0v) is 22.0. The monoisotopic (exact) mass is 547 g/mol. The molecule has 1 aromatic heterocycles. The Balaban J connectivity index is 1.58. The van der Waals surface area contributed by atoms with Crippen molar-refractivity contribution in [2.24, 2.45) is 0 Å². The normalized spacial score (nSPS) is 16.8. The minimum Gasteiger partial charge on any atom is -0.508 e. The largest absolute Gasteiger partial charge is 0.508 e. The number of phenolic OH excluding ortho intramolecular Hbond substituents is 1. The quantitative estimate of drug-likeness (QED) is 0.102. The van der Waals surface area contributed by atoms with E-state index in [1.807, 2.05) is 19.1 Å². The van der Waals surface area contributed by atoms with Gasteiger partial charge >= 0.3 is 5.91 Å². The third-order valence-electron chi connectivity index (χ3n) is 6.19. The smallest absolute Gasteiger partial charge is 0.301 e. The van der Waals surface area contributed by atoms with Gasteiger partial charge in [0, 0.05) is 11.3 Å². The number of halogens is 1. The van der Waals surface area contributed by atoms with Gasteiger partial charge in [-0.25, -0.2) is 4.39 Å². The summed E-state index contributed by atoms with van der Waals surface area (Å²) < 4.78 is 14.5. The number of ketones is 1. The van der Waals surface area contributed by atoms with Crippen LogP contribution in [0.5, 0.6) is 5.75 Å². The van der Waals surface area contributed by atoms with Gasteiger partial charge in [0.05, 0.1) is 11.6 Å². The summed E-state index contributed by atoms with van der Waals surface area (Å²) in [5, 5.41) is 30.0. The molecular formula is C28H22FN3O4S2. The second-order valence-corrected chi connectivity index (χ2v) is 11.0. The molecule has 2 N–H and O–H groups in total. The van der Waals surface area contributed by atoms with E-state index in [0.717, 1.165) is 22.5 Å². The summed E-state index contributed by atoms with van der Waals surface area (Å²) in [6.07, 6.45) is 0. The number of aromatic hydroxyl groups is 1. The first kappa shape index (κ1) is 25.6. The van der Waals surface area contributed by atoms with E-state index >= 15 is 0 Å². The average Bonchev–Trinajstić information content (AvgIpc) is 3.46. The molecule has 38 heavy (non-hydrogen) atoms. The molecule has 1 atom stereocenters. The summed E-state index contributed by atoms with van der Waals surface area (Å²) >= 11 is 2.34. The number of carbonyl (C=O) groups excluding carboxylic acids is 2. The van der Waals surface area contributed by atoms with Crippen molar-refractivity contribution in [1.29, 1.82) is 0 Å². The lowest BCUT2D eigenvalue weighted by Gasteiger charge is -2.23. The van der Waals surface area contributed by atoms with E-state index in [1.54, 1.807) is 43.3 Å². The molecule has 7 nitrogen and oxygen atoms in total. The predicted octanol–water partition coefficient (Wildman–Crippen LogP) is 5.92. The van der Waals surface area contributed by atoms with Gasteiger partial charge in [-0.05, 0) is 54.8 Å². The Kier molecular flexibility index (Phi) is 7.00. The molecule has 4 aromatic rings. The van der Waals surface area contributed by atoms with Crippen LogP contribution in [0.1, 0.15) is 33.9 Å². The van der Waals surface area contributed by atoms with E-state index in [1.165, 1.54) is 34.9 Å². The Bertz CT molecular complexity index is 1600. The number of aliphatic hydroxyl groups excluding tert-OH is 1. The summed E-state index contributed by atoms with van der Waals surface area (Å²) in [4.78, 5) is 27.9. The van der Waals surface area contributed by atoms with Crippen molar-refractivity contribution in [2.75, 3.05) is 4.90 Å². The zero-order chi connectivity index (χ0) is 27.0. The van der Waals surface area contributed by atoms with Crippen LogP contribution in [-0.2, 0) is 15.3 Å². The van der Waals surface area contributed by atoms with Crippen LogP contribution < -0.4 is 4.90 Å². The first-order valence-corrected chi connectivity index (χ1v) is 13.4. The number of thioether (sulfide) groups is 1. The van der Waals surface area contributed by atoms with Gasteiger partial charge < -0.3 is 10.2 Å². The van der Waals surface area contributed by atoms with Crippen molar-refractivity contribution in [3.8, 4) is 5.75 Å². The van der Waals surface area contributed by atoms with Crippen molar-refractivity contribution in [3.05, 3.63) is 106 Å². The lowest BCUT2D eigenvalue weighted by atomic mass is 9.93. The van der Waals surface area contributed by atoms with E-state index in [0.29, 0.717) is 26.8 Å². The summed E-state index contributed by atoms with van der Waals surface area (Å²) in [6, 6.07) is 17.0. The maximum absolute atomic E-state index is 14.0. The second kappa shape index (κ2) is 10.4. The first-order chi connectivity index (χ1) is 18.2. The maximum atomic E-state index is 14.0. The molecule has 0 radical (unpaired) electrons. The molecular weight excluding hydrogens is 525 g/mol. The predicted molar refractivity (Wildman–Crippen MR) is 145 cm³/mol. The first-order valence-electron chi connectivity index (χ1n) is 11.6. The minimum atomic E-state index is -1.04. The van der Waals surface area contributed by atoms with Crippen molar-refractivity contribution >= 4 is 45.7 Å². The number of carbonyl (C=O) groups is 2. The molecule has 1 aliphatic rings. The van der Waals surface area contributed by atoms with Gasteiger partial charge in [0.1, 0.15) is 17.3 Å². The van der Waals surface area contributed by atoms with Crippen molar-refractivity contribution in [3.63, 3.8) is 0 Å². The Morgan fingerprint density at radius 1 is 1.05 bits per heavy atom.